The van der Waals surface area contributed by atoms with Gasteiger partial charge in [0.05, 0.1) is 5.41 Å². The quantitative estimate of drug-likeness (QED) is 0.830. The molecule has 0 radical (unpaired) electrons. The highest BCUT2D eigenvalue weighted by atomic mass is 19.1. The molecule has 5 heteroatoms. The Balaban J connectivity index is 2.11. The van der Waals surface area contributed by atoms with Gasteiger partial charge in [-0.05, 0) is 30.5 Å². The van der Waals surface area contributed by atoms with E-state index in [4.69, 9.17) is 4.74 Å². The number of nitrogens with zero attached hydrogens (tertiary/aromatic N) is 3. The van der Waals surface area contributed by atoms with Gasteiger partial charge >= 0.3 is 0 Å². The van der Waals surface area contributed by atoms with Crippen LogP contribution in [0.25, 0.3) is 0 Å². The third kappa shape index (κ3) is 2.04. The van der Waals surface area contributed by atoms with Crippen LogP contribution in [0, 0.1) is 5.82 Å². The fourth-order valence-corrected chi connectivity index (χ4v) is 2.86. The first-order valence-corrected chi connectivity index (χ1v) is 6.41. The van der Waals surface area contributed by atoms with Crippen LogP contribution in [0.15, 0.2) is 30.6 Å². The van der Waals surface area contributed by atoms with Gasteiger partial charge in [-0.25, -0.2) is 9.37 Å². The Morgan fingerprint density at radius 1 is 1.21 bits per heavy atom. The maximum Gasteiger partial charge on any atom is 0.138 e. The molecule has 19 heavy (non-hydrogen) atoms. The van der Waals surface area contributed by atoms with Gasteiger partial charge in [0.1, 0.15) is 18.0 Å². The first-order chi connectivity index (χ1) is 9.22. The normalized spacial score (nSPS) is 18.4. The molecule has 100 valence electrons. The molecule has 1 fully saturated rings. The molecule has 0 aliphatic carbocycles. The van der Waals surface area contributed by atoms with Crippen LogP contribution in [0.1, 0.15) is 24.2 Å². The van der Waals surface area contributed by atoms with Crippen molar-refractivity contribution in [2.45, 2.75) is 18.3 Å². The Morgan fingerprint density at radius 3 is 2.47 bits per heavy atom. The number of aromatic nitrogens is 3. The molecule has 2 aromatic rings. The van der Waals surface area contributed by atoms with Gasteiger partial charge in [0.15, 0.2) is 0 Å². The summed E-state index contributed by atoms with van der Waals surface area (Å²) in [6, 6.07) is 6.69. The number of halogens is 1. The van der Waals surface area contributed by atoms with E-state index in [1.54, 1.807) is 11.0 Å². The Morgan fingerprint density at radius 2 is 1.89 bits per heavy atom. The number of hydrogen-bond donors (Lipinski definition) is 0. The van der Waals surface area contributed by atoms with Crippen molar-refractivity contribution in [3.05, 3.63) is 47.8 Å². The van der Waals surface area contributed by atoms with E-state index in [1.807, 2.05) is 19.2 Å². The number of aryl methyl sites for hydroxylation is 1. The van der Waals surface area contributed by atoms with E-state index < -0.39 is 0 Å². The highest BCUT2D eigenvalue weighted by molar-refractivity contribution is 5.33. The van der Waals surface area contributed by atoms with Gasteiger partial charge in [-0.1, -0.05) is 12.1 Å². The number of benzene rings is 1. The minimum absolute atomic E-state index is 0.219. The third-order valence-electron chi connectivity index (χ3n) is 3.88. The van der Waals surface area contributed by atoms with Crippen LogP contribution in [0.5, 0.6) is 0 Å². The zero-order valence-electron chi connectivity index (χ0n) is 10.8. The lowest BCUT2D eigenvalue weighted by atomic mass is 9.73. The Bertz CT molecular complexity index is 558. The molecule has 0 spiro atoms. The molecule has 1 aliphatic rings. The maximum absolute atomic E-state index is 13.1. The molecule has 0 atom stereocenters. The lowest BCUT2D eigenvalue weighted by molar-refractivity contribution is 0.0593. The molecule has 0 N–H and O–H groups in total. The van der Waals surface area contributed by atoms with E-state index in [2.05, 4.69) is 10.1 Å². The fourth-order valence-electron chi connectivity index (χ4n) is 2.86. The van der Waals surface area contributed by atoms with Crippen LogP contribution in [-0.4, -0.2) is 28.0 Å². The molecular weight excluding hydrogens is 245 g/mol. The van der Waals surface area contributed by atoms with Crippen molar-refractivity contribution < 1.29 is 9.13 Å². The lowest BCUT2D eigenvalue weighted by Gasteiger charge is -2.36. The van der Waals surface area contributed by atoms with E-state index in [1.165, 1.54) is 12.1 Å². The van der Waals surface area contributed by atoms with Crippen LogP contribution in [0.2, 0.25) is 0 Å². The maximum atomic E-state index is 13.1. The van der Waals surface area contributed by atoms with E-state index in [0.717, 1.165) is 24.2 Å². The average Bonchev–Trinajstić information content (AvgIpc) is 2.87. The molecule has 4 nitrogen and oxygen atoms in total. The van der Waals surface area contributed by atoms with Crippen molar-refractivity contribution in [3.63, 3.8) is 0 Å². The minimum atomic E-state index is -0.225. The van der Waals surface area contributed by atoms with E-state index in [-0.39, 0.29) is 11.2 Å². The van der Waals surface area contributed by atoms with Crippen molar-refractivity contribution in [1.29, 1.82) is 0 Å². The van der Waals surface area contributed by atoms with Crippen LogP contribution in [-0.2, 0) is 17.2 Å². The van der Waals surface area contributed by atoms with Crippen molar-refractivity contribution in [2.75, 3.05) is 13.2 Å². The topological polar surface area (TPSA) is 39.9 Å². The summed E-state index contributed by atoms with van der Waals surface area (Å²) in [6.45, 7) is 1.37. The molecule has 0 bridgehead atoms. The smallest absolute Gasteiger partial charge is 0.138 e. The van der Waals surface area contributed by atoms with Crippen molar-refractivity contribution in [3.8, 4) is 0 Å². The summed E-state index contributed by atoms with van der Waals surface area (Å²) in [5.41, 5.74) is 0.852. The van der Waals surface area contributed by atoms with E-state index in [9.17, 15) is 4.39 Å². The summed E-state index contributed by atoms with van der Waals surface area (Å²) < 4.78 is 20.4. The average molecular weight is 261 g/mol. The van der Waals surface area contributed by atoms with E-state index in [0.29, 0.717) is 13.2 Å². The van der Waals surface area contributed by atoms with Crippen molar-refractivity contribution >= 4 is 0 Å². The summed E-state index contributed by atoms with van der Waals surface area (Å²) in [4.78, 5) is 4.41. The zero-order chi connectivity index (χ0) is 13.3. The summed E-state index contributed by atoms with van der Waals surface area (Å²) >= 11 is 0. The highest BCUT2D eigenvalue weighted by Gasteiger charge is 2.39. The second kappa shape index (κ2) is 4.74. The SMILES string of the molecule is Cn1ncnc1C1(c2ccc(F)cc2)CCOCC1. The highest BCUT2D eigenvalue weighted by Crippen LogP contribution is 2.39. The monoisotopic (exact) mass is 261 g/mol. The first-order valence-electron chi connectivity index (χ1n) is 6.41. The summed E-state index contributed by atoms with van der Waals surface area (Å²) in [7, 11) is 1.89. The second-order valence-electron chi connectivity index (χ2n) is 4.91. The zero-order valence-corrected chi connectivity index (χ0v) is 10.8. The van der Waals surface area contributed by atoms with Gasteiger partial charge in [-0.15, -0.1) is 0 Å². The molecule has 2 heterocycles. The third-order valence-corrected chi connectivity index (χ3v) is 3.88. The number of rotatable bonds is 2. The van der Waals surface area contributed by atoms with Crippen LogP contribution in [0.3, 0.4) is 0 Å². The Labute approximate surface area is 111 Å². The molecule has 3 rings (SSSR count). The second-order valence-corrected chi connectivity index (χ2v) is 4.91. The number of hydrogen-bond acceptors (Lipinski definition) is 3. The molecule has 0 saturated carbocycles. The van der Waals surface area contributed by atoms with Gasteiger partial charge in [0.25, 0.3) is 0 Å². The minimum Gasteiger partial charge on any atom is -0.381 e. The van der Waals surface area contributed by atoms with Crippen LogP contribution < -0.4 is 0 Å². The summed E-state index contributed by atoms with van der Waals surface area (Å²) in [5, 5.41) is 4.17. The molecule has 1 saturated heterocycles. The van der Waals surface area contributed by atoms with Crippen molar-refractivity contribution in [2.24, 2.45) is 7.05 Å². The molecular formula is C14H16FN3O. The largest absolute Gasteiger partial charge is 0.381 e. The Hall–Kier alpha value is -1.75. The van der Waals surface area contributed by atoms with Gasteiger partial charge < -0.3 is 4.74 Å². The van der Waals surface area contributed by atoms with Gasteiger partial charge in [0, 0.05) is 20.3 Å². The van der Waals surface area contributed by atoms with Crippen LogP contribution >= 0.6 is 0 Å². The standard InChI is InChI=1S/C14H16FN3O/c1-18-13(16-10-17-18)14(6-8-19-9-7-14)11-2-4-12(15)5-3-11/h2-5,10H,6-9H2,1H3. The van der Waals surface area contributed by atoms with Gasteiger partial charge in [-0.2, -0.15) is 5.10 Å². The molecule has 0 amide bonds. The van der Waals surface area contributed by atoms with Crippen molar-refractivity contribution in [1.82, 2.24) is 14.8 Å². The lowest BCUT2D eigenvalue weighted by Crippen LogP contribution is -2.37. The predicted molar refractivity (Wildman–Crippen MR) is 68.2 cm³/mol. The Kier molecular flexibility index (Phi) is 3.06. The first kappa shape index (κ1) is 12.3. The molecule has 1 aromatic carbocycles. The predicted octanol–water partition coefficient (Wildman–Crippen LogP) is 2.05. The van der Waals surface area contributed by atoms with Crippen LogP contribution in [0.4, 0.5) is 4.39 Å². The molecule has 0 unspecified atom stereocenters. The molecule has 1 aromatic heterocycles. The van der Waals surface area contributed by atoms with E-state index >= 15 is 0 Å². The fraction of sp³-hybridized carbons (Fsp3) is 0.429. The van der Waals surface area contributed by atoms with Gasteiger partial charge in [-0.3, -0.25) is 4.68 Å². The summed E-state index contributed by atoms with van der Waals surface area (Å²) in [6.07, 6.45) is 3.24. The molecule has 1 aliphatic heterocycles. The number of ether oxygens (including phenoxy) is 1. The summed E-state index contributed by atoms with van der Waals surface area (Å²) in [5.74, 6) is 0.700. The van der Waals surface area contributed by atoms with Gasteiger partial charge in [0.2, 0.25) is 0 Å².